The van der Waals surface area contributed by atoms with Crippen LogP contribution in [-0.4, -0.2) is 0 Å². The van der Waals surface area contributed by atoms with E-state index in [-0.39, 0.29) is 35.3 Å². The van der Waals surface area contributed by atoms with Crippen molar-refractivity contribution >= 4 is 32.3 Å². The first-order valence-electron chi connectivity index (χ1n) is 22.8. The standard InChI is InChI=1S/C60H36O/c1-3-13-37(14-4-1)43-31-33-53-52(36-43)49-24-12-23-46-45(32-34-54(61-53)58(46)49)39-29-27-38(28-30-39)42-19-9-20-44(35-42)57-48-22-8-7-21-47(48)56(41-15-5-2-6-16-41)59-50-25-10-17-40-18-11-26-51(55(40)50)60(57)59/h1-36H/i27D,28D,29D,30D. The fraction of sp³-hybridized carbons (Fsp3) is 0. The summed E-state index contributed by atoms with van der Waals surface area (Å²) in [5, 5.41) is 6.36. The van der Waals surface area contributed by atoms with Gasteiger partial charge in [-0.25, -0.2) is 0 Å². The van der Waals surface area contributed by atoms with Crippen LogP contribution in [0.5, 0.6) is 11.5 Å². The van der Waals surface area contributed by atoms with E-state index in [9.17, 15) is 5.48 Å². The first kappa shape index (κ1) is 30.1. The molecule has 11 aromatic rings. The van der Waals surface area contributed by atoms with Crippen molar-refractivity contribution in [2.45, 2.75) is 0 Å². The molecule has 0 saturated carbocycles. The fourth-order valence-corrected chi connectivity index (χ4v) is 10.0. The molecule has 0 N–H and O–H groups in total. The molecule has 282 valence electrons. The lowest BCUT2D eigenvalue weighted by molar-refractivity contribution is 0.487. The highest BCUT2D eigenvalue weighted by atomic mass is 16.5. The minimum Gasteiger partial charge on any atom is -0.456 e. The van der Waals surface area contributed by atoms with Crippen LogP contribution in [0.15, 0.2) is 218 Å². The molecule has 0 amide bonds. The van der Waals surface area contributed by atoms with Crippen molar-refractivity contribution in [1.29, 1.82) is 0 Å². The molecule has 1 heterocycles. The van der Waals surface area contributed by atoms with Crippen LogP contribution in [0.3, 0.4) is 0 Å². The van der Waals surface area contributed by atoms with Gasteiger partial charge in [-0.1, -0.05) is 194 Å². The van der Waals surface area contributed by atoms with Crippen molar-refractivity contribution in [3.8, 4) is 101 Å². The SMILES string of the molecule is [2H]c1c([2H])c(-c2ccc3c4c(cccc24)-c2cc(-c4ccccc4)ccc2O3)c([2H])c([2H])c1-c1cccc(-c2c3c(c(-c4ccccc4)c4ccccc24)-c2cccc4cccc-3c24)c1. The van der Waals surface area contributed by atoms with E-state index in [0.717, 1.165) is 71.8 Å². The Hall–Kier alpha value is -8.00. The predicted molar refractivity (Wildman–Crippen MR) is 256 cm³/mol. The van der Waals surface area contributed by atoms with Gasteiger partial charge < -0.3 is 4.74 Å². The zero-order valence-electron chi connectivity index (χ0n) is 36.9. The summed E-state index contributed by atoms with van der Waals surface area (Å²) in [4.78, 5) is 0. The Labute approximate surface area is 360 Å². The Morgan fingerprint density at radius 3 is 1.56 bits per heavy atom. The number of hydrogen-bond acceptors (Lipinski definition) is 1. The van der Waals surface area contributed by atoms with Crippen LogP contribution in [0.25, 0.3) is 121 Å². The zero-order valence-corrected chi connectivity index (χ0v) is 32.9. The van der Waals surface area contributed by atoms with E-state index in [1.807, 2.05) is 60.7 Å². The van der Waals surface area contributed by atoms with Crippen molar-refractivity contribution in [3.05, 3.63) is 218 Å². The zero-order chi connectivity index (χ0) is 43.5. The highest BCUT2D eigenvalue weighted by Crippen LogP contribution is 2.58. The van der Waals surface area contributed by atoms with Gasteiger partial charge in [-0.2, -0.15) is 0 Å². The van der Waals surface area contributed by atoms with Crippen LogP contribution in [0.1, 0.15) is 5.48 Å². The third-order valence-electron chi connectivity index (χ3n) is 12.7. The lowest BCUT2D eigenvalue weighted by Crippen LogP contribution is -1.98. The van der Waals surface area contributed by atoms with Gasteiger partial charge in [0, 0.05) is 10.9 Å². The quantitative estimate of drug-likeness (QED) is 0.169. The van der Waals surface area contributed by atoms with Crippen LogP contribution >= 0.6 is 0 Å². The average molecular weight is 777 g/mol. The second-order valence-electron chi connectivity index (χ2n) is 16.0. The van der Waals surface area contributed by atoms with E-state index in [4.69, 9.17) is 4.74 Å². The van der Waals surface area contributed by atoms with Gasteiger partial charge in [0.05, 0.1) is 5.48 Å². The smallest absolute Gasteiger partial charge is 0.135 e. The topological polar surface area (TPSA) is 9.23 Å². The number of rotatable bonds is 5. The molecule has 0 saturated heterocycles. The van der Waals surface area contributed by atoms with Gasteiger partial charge in [-0.05, 0) is 135 Å². The van der Waals surface area contributed by atoms with Gasteiger partial charge in [-0.3, -0.25) is 0 Å². The molecule has 13 rings (SSSR count). The van der Waals surface area contributed by atoms with Crippen LogP contribution < -0.4 is 4.74 Å². The molecule has 0 atom stereocenters. The molecule has 0 aromatic heterocycles. The van der Waals surface area contributed by atoms with Crippen LogP contribution in [0.4, 0.5) is 0 Å². The lowest BCUT2D eigenvalue weighted by atomic mass is 9.82. The summed E-state index contributed by atoms with van der Waals surface area (Å²) in [6.45, 7) is 0. The van der Waals surface area contributed by atoms with Gasteiger partial charge in [0.25, 0.3) is 0 Å². The highest BCUT2D eigenvalue weighted by molar-refractivity contribution is 6.27. The number of ether oxygens (including phenoxy) is 1. The normalized spacial score (nSPS) is 13.0. The second-order valence-corrected chi connectivity index (χ2v) is 16.0. The molecule has 0 radical (unpaired) electrons. The summed E-state index contributed by atoms with van der Waals surface area (Å²) in [7, 11) is 0. The molecule has 0 spiro atoms. The van der Waals surface area contributed by atoms with Gasteiger partial charge in [0.15, 0.2) is 0 Å². The molecule has 1 heteroatoms. The summed E-state index contributed by atoms with van der Waals surface area (Å²) >= 11 is 0. The molecule has 0 unspecified atom stereocenters. The Bertz CT molecular complexity index is 3800. The molecule has 0 fully saturated rings. The largest absolute Gasteiger partial charge is 0.456 e. The lowest BCUT2D eigenvalue weighted by Gasteiger charge is -2.23. The minimum absolute atomic E-state index is 0.0839. The number of hydrogen-bond donors (Lipinski definition) is 0. The van der Waals surface area contributed by atoms with Crippen molar-refractivity contribution in [3.63, 3.8) is 0 Å². The first-order valence-corrected chi connectivity index (χ1v) is 20.8. The summed E-state index contributed by atoms with van der Waals surface area (Å²) in [6, 6.07) is 66.4. The Balaban J connectivity index is 0.990. The van der Waals surface area contributed by atoms with Crippen molar-refractivity contribution in [1.82, 2.24) is 0 Å². The van der Waals surface area contributed by atoms with E-state index in [1.54, 1.807) is 0 Å². The van der Waals surface area contributed by atoms with Crippen LogP contribution in [0, 0.1) is 0 Å². The van der Waals surface area contributed by atoms with Crippen LogP contribution in [-0.2, 0) is 0 Å². The first-order chi connectivity index (χ1) is 31.9. The Morgan fingerprint density at radius 1 is 0.279 bits per heavy atom. The molecule has 61 heavy (non-hydrogen) atoms. The predicted octanol–water partition coefficient (Wildman–Crippen LogP) is 16.9. The molecule has 1 aliphatic carbocycles. The van der Waals surface area contributed by atoms with E-state index in [1.165, 1.54) is 33.0 Å². The Morgan fingerprint density at radius 2 is 0.820 bits per heavy atom. The van der Waals surface area contributed by atoms with Crippen molar-refractivity contribution in [2.75, 3.05) is 0 Å². The minimum atomic E-state index is -0.0868. The van der Waals surface area contributed by atoms with Crippen molar-refractivity contribution < 1.29 is 10.2 Å². The van der Waals surface area contributed by atoms with Crippen molar-refractivity contribution in [2.24, 2.45) is 0 Å². The van der Waals surface area contributed by atoms with Gasteiger partial charge in [-0.15, -0.1) is 0 Å². The van der Waals surface area contributed by atoms with E-state index >= 15 is 0 Å². The maximum Gasteiger partial charge on any atom is 0.135 e. The summed E-state index contributed by atoms with van der Waals surface area (Å²) in [5.41, 5.74) is 15.0. The molecule has 0 bridgehead atoms. The van der Waals surface area contributed by atoms with Crippen LogP contribution in [0.2, 0.25) is 0 Å². The molecule has 1 nitrogen and oxygen atoms in total. The van der Waals surface area contributed by atoms with Gasteiger partial charge in [0.2, 0.25) is 0 Å². The van der Waals surface area contributed by atoms with E-state index < -0.39 is 0 Å². The van der Waals surface area contributed by atoms with Gasteiger partial charge in [0.1, 0.15) is 11.5 Å². The summed E-state index contributed by atoms with van der Waals surface area (Å²) < 4.78 is 44.9. The number of benzene rings is 11. The third kappa shape index (κ3) is 5.14. The fourth-order valence-electron chi connectivity index (χ4n) is 10.0. The second kappa shape index (κ2) is 13.3. The van der Waals surface area contributed by atoms with Gasteiger partial charge >= 0.3 is 0 Å². The highest BCUT2D eigenvalue weighted by Gasteiger charge is 2.30. The van der Waals surface area contributed by atoms with E-state index in [2.05, 4.69) is 133 Å². The third-order valence-corrected chi connectivity index (χ3v) is 12.7. The summed E-state index contributed by atoms with van der Waals surface area (Å²) in [5.74, 6) is 1.46. The average Bonchev–Trinajstić information content (AvgIpc) is 3.68. The molecule has 2 aliphatic rings. The summed E-state index contributed by atoms with van der Waals surface area (Å²) in [6.07, 6.45) is 0. The molecular weight excluding hydrogens is 737 g/mol. The maximum atomic E-state index is 9.60. The monoisotopic (exact) mass is 776 g/mol. The van der Waals surface area contributed by atoms with E-state index in [0.29, 0.717) is 16.9 Å². The molecular formula is C60H36O. The molecule has 11 aromatic carbocycles. The molecule has 1 aliphatic heterocycles. The Kier molecular flexibility index (Phi) is 6.54. The number of fused-ring (bicyclic) bond motifs is 6. The maximum absolute atomic E-state index is 9.60.